The van der Waals surface area contributed by atoms with E-state index in [0.29, 0.717) is 0 Å². The second-order valence-corrected chi connectivity index (χ2v) is 2.60. The molecule has 0 atom stereocenters. The van der Waals surface area contributed by atoms with Crippen LogP contribution in [0.5, 0.6) is 11.5 Å². The highest BCUT2D eigenvalue weighted by atomic mass is 16.3. The van der Waals surface area contributed by atoms with E-state index in [4.69, 9.17) is 10.2 Å². The van der Waals surface area contributed by atoms with Gasteiger partial charge in [-0.3, -0.25) is 0 Å². The third-order valence-corrected chi connectivity index (χ3v) is 1.63. The summed E-state index contributed by atoms with van der Waals surface area (Å²) in [4.78, 5) is 0. The highest BCUT2D eigenvalue weighted by Gasteiger charge is 1.98. The highest BCUT2D eigenvalue weighted by Crippen LogP contribution is 2.24. The topological polar surface area (TPSA) is 40.5 Å². The van der Waals surface area contributed by atoms with Crippen LogP contribution in [0.2, 0.25) is 0 Å². The predicted molar refractivity (Wildman–Crippen MR) is 48.3 cm³/mol. The third kappa shape index (κ3) is 2.02. The zero-order chi connectivity index (χ0) is 8.97. The fourth-order valence-electron chi connectivity index (χ4n) is 0.950. The molecule has 0 aliphatic carbocycles. The Balaban J connectivity index is 2.82. The van der Waals surface area contributed by atoms with Crippen molar-refractivity contribution in [3.05, 3.63) is 35.9 Å². The Morgan fingerprint density at radius 1 is 1.25 bits per heavy atom. The van der Waals surface area contributed by atoms with Crippen molar-refractivity contribution in [3.63, 3.8) is 0 Å². The molecule has 0 radical (unpaired) electrons. The lowest BCUT2D eigenvalue weighted by molar-refractivity contribution is 0.403. The first-order valence-corrected chi connectivity index (χ1v) is 3.86. The van der Waals surface area contributed by atoms with Crippen LogP contribution in [0.3, 0.4) is 0 Å². The van der Waals surface area contributed by atoms with Crippen molar-refractivity contribution < 1.29 is 10.2 Å². The molecule has 0 aromatic heterocycles. The van der Waals surface area contributed by atoms with Crippen molar-refractivity contribution in [2.24, 2.45) is 0 Å². The Labute approximate surface area is 71.8 Å². The quantitative estimate of drug-likeness (QED) is 0.519. The smallest absolute Gasteiger partial charge is 0.157 e. The van der Waals surface area contributed by atoms with Crippen molar-refractivity contribution in [3.8, 4) is 11.5 Å². The molecule has 1 rings (SSSR count). The van der Waals surface area contributed by atoms with Gasteiger partial charge < -0.3 is 10.2 Å². The van der Waals surface area contributed by atoms with Crippen LogP contribution in [0.4, 0.5) is 0 Å². The van der Waals surface area contributed by atoms with E-state index in [1.165, 1.54) is 6.07 Å². The number of allylic oxidation sites excluding steroid dienone is 2. The summed E-state index contributed by atoms with van der Waals surface area (Å²) in [6.45, 7) is 1.94. The van der Waals surface area contributed by atoms with E-state index in [1.54, 1.807) is 12.1 Å². The van der Waals surface area contributed by atoms with Crippen LogP contribution in [-0.4, -0.2) is 10.2 Å². The molecule has 0 aliphatic heterocycles. The van der Waals surface area contributed by atoms with E-state index >= 15 is 0 Å². The standard InChI is InChI=1S/C10H12O2/c1-2-3-4-8-5-6-9(11)10(12)7-8/h2-3,5-7,11-12H,4H2,1H3/b3-2+. The monoisotopic (exact) mass is 164 g/mol. The van der Waals surface area contributed by atoms with Crippen LogP contribution < -0.4 is 0 Å². The molecule has 2 N–H and O–H groups in total. The summed E-state index contributed by atoms with van der Waals surface area (Å²) in [6, 6.07) is 4.85. The molecule has 0 unspecified atom stereocenters. The molecule has 0 bridgehead atoms. The maximum absolute atomic E-state index is 9.13. The molecule has 0 saturated heterocycles. The molecule has 1 aromatic carbocycles. The third-order valence-electron chi connectivity index (χ3n) is 1.63. The van der Waals surface area contributed by atoms with E-state index in [9.17, 15) is 0 Å². The van der Waals surface area contributed by atoms with Gasteiger partial charge in [0.25, 0.3) is 0 Å². The van der Waals surface area contributed by atoms with Crippen LogP contribution >= 0.6 is 0 Å². The first-order valence-electron chi connectivity index (χ1n) is 3.86. The maximum atomic E-state index is 9.13. The van der Waals surface area contributed by atoms with Gasteiger partial charge >= 0.3 is 0 Å². The van der Waals surface area contributed by atoms with Crippen LogP contribution in [0.1, 0.15) is 12.5 Å². The zero-order valence-corrected chi connectivity index (χ0v) is 6.99. The van der Waals surface area contributed by atoms with Gasteiger partial charge in [-0.05, 0) is 31.0 Å². The lowest BCUT2D eigenvalue weighted by Crippen LogP contribution is -1.79. The van der Waals surface area contributed by atoms with E-state index in [2.05, 4.69) is 0 Å². The van der Waals surface area contributed by atoms with Gasteiger partial charge in [0.05, 0.1) is 0 Å². The average Bonchev–Trinajstić information content (AvgIpc) is 2.07. The van der Waals surface area contributed by atoms with Crippen molar-refractivity contribution in [1.82, 2.24) is 0 Å². The van der Waals surface area contributed by atoms with E-state index in [-0.39, 0.29) is 11.5 Å². The van der Waals surface area contributed by atoms with Crippen molar-refractivity contribution in [1.29, 1.82) is 0 Å². The molecule has 2 nitrogen and oxygen atoms in total. The molecule has 0 amide bonds. The summed E-state index contributed by atoms with van der Waals surface area (Å²) in [5, 5.41) is 18.1. The van der Waals surface area contributed by atoms with Crippen LogP contribution in [0.15, 0.2) is 30.4 Å². The number of aromatic hydroxyl groups is 2. The minimum atomic E-state index is -0.0702. The second-order valence-electron chi connectivity index (χ2n) is 2.60. The van der Waals surface area contributed by atoms with E-state index in [1.807, 2.05) is 19.1 Å². The van der Waals surface area contributed by atoms with E-state index < -0.39 is 0 Å². The van der Waals surface area contributed by atoms with Crippen molar-refractivity contribution in [2.75, 3.05) is 0 Å². The Kier molecular flexibility index (Phi) is 2.75. The van der Waals surface area contributed by atoms with Gasteiger partial charge in [-0.15, -0.1) is 0 Å². The molecular weight excluding hydrogens is 152 g/mol. The lowest BCUT2D eigenvalue weighted by Gasteiger charge is -1.99. The number of phenolic OH excluding ortho intramolecular Hbond substituents is 2. The second kappa shape index (κ2) is 3.81. The first kappa shape index (κ1) is 8.65. The van der Waals surface area contributed by atoms with Crippen LogP contribution in [0.25, 0.3) is 0 Å². The molecule has 0 heterocycles. The first-order chi connectivity index (χ1) is 5.74. The van der Waals surface area contributed by atoms with Crippen LogP contribution in [-0.2, 0) is 6.42 Å². The van der Waals surface area contributed by atoms with Gasteiger partial charge in [0.2, 0.25) is 0 Å². The summed E-state index contributed by atoms with van der Waals surface area (Å²) < 4.78 is 0. The molecule has 64 valence electrons. The summed E-state index contributed by atoms with van der Waals surface area (Å²) in [7, 11) is 0. The Morgan fingerprint density at radius 2 is 2.00 bits per heavy atom. The van der Waals surface area contributed by atoms with Gasteiger partial charge in [0.1, 0.15) is 0 Å². The van der Waals surface area contributed by atoms with Gasteiger partial charge in [-0.2, -0.15) is 0 Å². The Morgan fingerprint density at radius 3 is 2.58 bits per heavy atom. The SMILES string of the molecule is C/C=C/Cc1ccc(O)c(O)c1. The summed E-state index contributed by atoms with van der Waals surface area (Å²) in [5.74, 6) is -0.128. The van der Waals surface area contributed by atoms with Gasteiger partial charge in [-0.25, -0.2) is 0 Å². The fourth-order valence-corrected chi connectivity index (χ4v) is 0.950. The summed E-state index contributed by atoms with van der Waals surface area (Å²) in [5.41, 5.74) is 0.989. The lowest BCUT2D eigenvalue weighted by atomic mass is 10.1. The average molecular weight is 164 g/mol. The molecule has 0 saturated carbocycles. The predicted octanol–water partition coefficient (Wildman–Crippen LogP) is 2.22. The maximum Gasteiger partial charge on any atom is 0.157 e. The van der Waals surface area contributed by atoms with Gasteiger partial charge in [0, 0.05) is 0 Å². The van der Waals surface area contributed by atoms with Gasteiger partial charge in [-0.1, -0.05) is 18.2 Å². The van der Waals surface area contributed by atoms with Gasteiger partial charge in [0.15, 0.2) is 11.5 Å². The number of hydrogen-bond acceptors (Lipinski definition) is 2. The molecule has 12 heavy (non-hydrogen) atoms. The number of phenols is 2. The normalized spacial score (nSPS) is 10.8. The summed E-state index contributed by atoms with van der Waals surface area (Å²) >= 11 is 0. The van der Waals surface area contributed by atoms with Crippen molar-refractivity contribution >= 4 is 0 Å². The Hall–Kier alpha value is -1.44. The fraction of sp³-hybridized carbons (Fsp3) is 0.200. The molecule has 0 fully saturated rings. The molecule has 1 aromatic rings. The molecule has 0 spiro atoms. The summed E-state index contributed by atoms with van der Waals surface area (Å²) in [6.07, 6.45) is 4.72. The number of benzene rings is 1. The number of hydrogen-bond donors (Lipinski definition) is 2. The zero-order valence-electron chi connectivity index (χ0n) is 6.99. The molecule has 2 heteroatoms. The Bertz CT molecular complexity index is 290. The highest BCUT2D eigenvalue weighted by molar-refractivity contribution is 5.40. The molecular formula is C10H12O2. The van der Waals surface area contributed by atoms with Crippen LogP contribution in [0, 0.1) is 0 Å². The largest absolute Gasteiger partial charge is 0.504 e. The van der Waals surface area contributed by atoms with E-state index in [0.717, 1.165) is 12.0 Å². The van der Waals surface area contributed by atoms with Crippen molar-refractivity contribution in [2.45, 2.75) is 13.3 Å². The minimum Gasteiger partial charge on any atom is -0.504 e. The minimum absolute atomic E-state index is 0.0583. The molecule has 0 aliphatic rings. The number of rotatable bonds is 2.